The molecule has 2 heterocycles. The lowest BCUT2D eigenvalue weighted by Crippen LogP contribution is -2.23. The molecule has 0 radical (unpaired) electrons. The molecule has 3 rings (SSSR count). The van der Waals surface area contributed by atoms with Crippen LogP contribution in [0.1, 0.15) is 17.0 Å². The van der Waals surface area contributed by atoms with Gasteiger partial charge in [-0.05, 0) is 25.1 Å². The second-order valence-corrected chi connectivity index (χ2v) is 6.02. The van der Waals surface area contributed by atoms with Gasteiger partial charge in [0, 0.05) is 30.0 Å². The van der Waals surface area contributed by atoms with Crippen molar-refractivity contribution in [1.82, 2.24) is 15.3 Å². The van der Waals surface area contributed by atoms with Crippen molar-refractivity contribution >= 4 is 23.3 Å². The van der Waals surface area contributed by atoms with Gasteiger partial charge in [-0.25, -0.2) is 9.97 Å². The molecule has 1 aromatic carbocycles. The van der Waals surface area contributed by atoms with E-state index in [-0.39, 0.29) is 5.91 Å². The smallest absolute Gasteiger partial charge is 0.244 e. The van der Waals surface area contributed by atoms with Crippen LogP contribution in [-0.2, 0) is 11.2 Å². The highest BCUT2D eigenvalue weighted by Gasteiger charge is 2.06. The number of benzene rings is 1. The molecule has 2 aromatic heterocycles. The summed E-state index contributed by atoms with van der Waals surface area (Å²) in [7, 11) is 0. The van der Waals surface area contributed by atoms with E-state index < -0.39 is 0 Å². The predicted octanol–water partition coefficient (Wildman–Crippen LogP) is 3.48. The molecule has 0 aliphatic carbocycles. The standard InChI is InChI=1S/C18H17N3O2S/c1-13-2-4-14(5-3-13)18-21-15(10-23-18)8-9-19-17(22)7-6-16-11-24-12-20-16/h2-7,10-12H,8-9H2,1H3,(H,19,22)/b7-6-. The molecule has 3 aromatic rings. The molecule has 0 aliphatic rings. The van der Waals surface area contributed by atoms with E-state index in [0.29, 0.717) is 18.9 Å². The largest absolute Gasteiger partial charge is 0.444 e. The fourth-order valence-corrected chi connectivity index (χ4v) is 2.61. The fourth-order valence-electron chi connectivity index (χ4n) is 2.09. The molecule has 6 heteroatoms. The first-order chi connectivity index (χ1) is 11.7. The minimum absolute atomic E-state index is 0.148. The van der Waals surface area contributed by atoms with Gasteiger partial charge in [0.25, 0.3) is 0 Å². The Balaban J connectivity index is 1.49. The van der Waals surface area contributed by atoms with Gasteiger partial charge >= 0.3 is 0 Å². The number of aromatic nitrogens is 2. The third-order valence-corrected chi connectivity index (χ3v) is 3.99. The number of hydrogen-bond donors (Lipinski definition) is 1. The lowest BCUT2D eigenvalue weighted by Gasteiger charge is -1.99. The summed E-state index contributed by atoms with van der Waals surface area (Å²) in [6.07, 6.45) is 5.42. The summed E-state index contributed by atoms with van der Waals surface area (Å²) in [5.41, 5.74) is 5.47. The molecule has 24 heavy (non-hydrogen) atoms. The molecule has 1 N–H and O–H groups in total. The molecule has 0 unspecified atom stereocenters. The molecule has 0 spiro atoms. The van der Waals surface area contributed by atoms with Crippen LogP contribution in [0.2, 0.25) is 0 Å². The maximum atomic E-state index is 11.7. The number of nitrogens with one attached hydrogen (secondary N) is 1. The molecule has 0 aliphatic heterocycles. The van der Waals surface area contributed by atoms with Crippen LogP contribution in [-0.4, -0.2) is 22.4 Å². The topological polar surface area (TPSA) is 68.0 Å². The first kappa shape index (κ1) is 16.1. The highest BCUT2D eigenvalue weighted by atomic mass is 32.1. The van der Waals surface area contributed by atoms with Crippen molar-refractivity contribution in [3.63, 3.8) is 0 Å². The van der Waals surface area contributed by atoms with Gasteiger partial charge in [0.15, 0.2) is 0 Å². The lowest BCUT2D eigenvalue weighted by molar-refractivity contribution is -0.116. The van der Waals surface area contributed by atoms with E-state index in [0.717, 1.165) is 17.0 Å². The Kier molecular flexibility index (Phi) is 5.18. The summed E-state index contributed by atoms with van der Waals surface area (Å²) < 4.78 is 5.50. The summed E-state index contributed by atoms with van der Waals surface area (Å²) in [5.74, 6) is 0.449. The van der Waals surface area contributed by atoms with Gasteiger partial charge < -0.3 is 9.73 Å². The number of carbonyl (C=O) groups excluding carboxylic acids is 1. The van der Waals surface area contributed by atoms with E-state index in [4.69, 9.17) is 4.42 Å². The molecule has 0 saturated heterocycles. The van der Waals surface area contributed by atoms with Crippen molar-refractivity contribution < 1.29 is 9.21 Å². The van der Waals surface area contributed by atoms with E-state index >= 15 is 0 Å². The summed E-state index contributed by atoms with van der Waals surface area (Å²) in [5, 5.41) is 4.70. The number of hydrogen-bond acceptors (Lipinski definition) is 5. The Hall–Kier alpha value is -2.73. The van der Waals surface area contributed by atoms with Crippen LogP contribution >= 0.6 is 11.3 Å². The van der Waals surface area contributed by atoms with Gasteiger partial charge in [0.05, 0.1) is 16.9 Å². The third kappa shape index (κ3) is 4.39. The Morgan fingerprint density at radius 3 is 2.92 bits per heavy atom. The van der Waals surface area contributed by atoms with Crippen LogP contribution in [0, 0.1) is 6.92 Å². The maximum absolute atomic E-state index is 11.7. The zero-order chi connectivity index (χ0) is 16.8. The first-order valence-corrected chi connectivity index (χ1v) is 8.50. The summed E-state index contributed by atoms with van der Waals surface area (Å²) >= 11 is 1.49. The van der Waals surface area contributed by atoms with Crippen molar-refractivity contribution in [2.24, 2.45) is 0 Å². The number of nitrogens with zero attached hydrogens (tertiary/aromatic N) is 2. The van der Waals surface area contributed by atoms with Gasteiger partial charge in [-0.3, -0.25) is 4.79 Å². The average molecular weight is 339 g/mol. The van der Waals surface area contributed by atoms with E-state index in [2.05, 4.69) is 15.3 Å². The quantitative estimate of drug-likeness (QED) is 0.698. The zero-order valence-electron chi connectivity index (χ0n) is 13.2. The number of carbonyl (C=O) groups is 1. The second-order valence-electron chi connectivity index (χ2n) is 5.30. The van der Waals surface area contributed by atoms with Gasteiger partial charge in [-0.1, -0.05) is 17.7 Å². The monoisotopic (exact) mass is 339 g/mol. The zero-order valence-corrected chi connectivity index (χ0v) is 14.0. The van der Waals surface area contributed by atoms with E-state index in [1.807, 2.05) is 36.6 Å². The Morgan fingerprint density at radius 2 is 2.17 bits per heavy atom. The van der Waals surface area contributed by atoms with E-state index in [9.17, 15) is 4.79 Å². The fraction of sp³-hybridized carbons (Fsp3) is 0.167. The first-order valence-electron chi connectivity index (χ1n) is 7.56. The maximum Gasteiger partial charge on any atom is 0.244 e. The number of aryl methyl sites for hydroxylation is 1. The van der Waals surface area contributed by atoms with E-state index in [1.165, 1.54) is 23.0 Å². The van der Waals surface area contributed by atoms with Crippen molar-refractivity contribution in [2.45, 2.75) is 13.3 Å². The number of amides is 1. The predicted molar refractivity (Wildman–Crippen MR) is 94.5 cm³/mol. The van der Waals surface area contributed by atoms with Gasteiger partial charge in [0.2, 0.25) is 11.8 Å². The molecule has 0 atom stereocenters. The average Bonchev–Trinajstić information content (AvgIpc) is 3.25. The van der Waals surface area contributed by atoms with Gasteiger partial charge in [-0.2, -0.15) is 0 Å². The Morgan fingerprint density at radius 1 is 1.33 bits per heavy atom. The van der Waals surface area contributed by atoms with Crippen molar-refractivity contribution in [1.29, 1.82) is 0 Å². The molecule has 1 amide bonds. The molecular formula is C18H17N3O2S. The molecule has 122 valence electrons. The van der Waals surface area contributed by atoms with Crippen LogP contribution in [0.4, 0.5) is 0 Å². The van der Waals surface area contributed by atoms with Gasteiger partial charge in [0.1, 0.15) is 6.26 Å². The number of thiazole rings is 1. The highest BCUT2D eigenvalue weighted by Crippen LogP contribution is 2.19. The van der Waals surface area contributed by atoms with Crippen LogP contribution in [0.5, 0.6) is 0 Å². The molecule has 0 fully saturated rings. The Labute approximate surface area is 144 Å². The van der Waals surface area contributed by atoms with Crippen molar-refractivity contribution in [2.75, 3.05) is 6.54 Å². The molecule has 0 saturated carbocycles. The summed E-state index contributed by atoms with van der Waals surface area (Å²) in [6.45, 7) is 2.54. The SMILES string of the molecule is Cc1ccc(-c2nc(CCNC(=O)/C=C\c3cscn3)co2)cc1. The summed E-state index contributed by atoms with van der Waals surface area (Å²) in [6, 6.07) is 8.01. The minimum atomic E-state index is -0.148. The summed E-state index contributed by atoms with van der Waals surface area (Å²) in [4.78, 5) is 20.3. The molecular weight excluding hydrogens is 322 g/mol. The third-order valence-electron chi connectivity index (χ3n) is 3.39. The molecule has 5 nitrogen and oxygen atoms in total. The second kappa shape index (κ2) is 7.70. The normalized spacial score (nSPS) is 11.0. The lowest BCUT2D eigenvalue weighted by atomic mass is 10.1. The number of oxazole rings is 1. The highest BCUT2D eigenvalue weighted by molar-refractivity contribution is 7.07. The van der Waals surface area contributed by atoms with Gasteiger partial charge in [-0.15, -0.1) is 11.3 Å². The minimum Gasteiger partial charge on any atom is -0.444 e. The van der Waals surface area contributed by atoms with Crippen LogP contribution in [0.3, 0.4) is 0 Å². The van der Waals surface area contributed by atoms with Crippen LogP contribution in [0.25, 0.3) is 17.5 Å². The van der Waals surface area contributed by atoms with Crippen LogP contribution < -0.4 is 5.32 Å². The van der Waals surface area contributed by atoms with Crippen molar-refractivity contribution in [3.05, 3.63) is 64.4 Å². The number of rotatable bonds is 6. The van der Waals surface area contributed by atoms with Crippen LogP contribution in [0.15, 0.2) is 51.9 Å². The Bertz CT molecular complexity index is 820. The molecule has 0 bridgehead atoms. The van der Waals surface area contributed by atoms with E-state index in [1.54, 1.807) is 17.8 Å². The van der Waals surface area contributed by atoms with Crippen molar-refractivity contribution in [3.8, 4) is 11.5 Å².